The van der Waals surface area contributed by atoms with Crippen LogP contribution >= 0.6 is 15.9 Å². The van der Waals surface area contributed by atoms with Crippen molar-refractivity contribution in [3.63, 3.8) is 0 Å². The van der Waals surface area contributed by atoms with Crippen LogP contribution in [0.25, 0.3) is 0 Å². The Morgan fingerprint density at radius 3 is 2.79 bits per heavy atom. The molecule has 19 heavy (non-hydrogen) atoms. The van der Waals surface area contributed by atoms with Gasteiger partial charge in [0.2, 0.25) is 0 Å². The highest BCUT2D eigenvalue weighted by Gasteiger charge is 2.23. The largest absolute Gasteiger partial charge is 0.369 e. The molecule has 0 amide bonds. The van der Waals surface area contributed by atoms with Crippen LogP contribution in [0.5, 0.6) is 0 Å². The number of rotatable bonds is 4. The van der Waals surface area contributed by atoms with E-state index in [0.29, 0.717) is 6.04 Å². The van der Waals surface area contributed by atoms with Crippen LogP contribution in [0.15, 0.2) is 22.7 Å². The molecule has 0 bridgehead atoms. The lowest BCUT2D eigenvalue weighted by Gasteiger charge is -2.38. The Hall–Kier alpha value is -0.540. The van der Waals surface area contributed by atoms with Gasteiger partial charge in [-0.1, -0.05) is 35.8 Å². The third kappa shape index (κ3) is 3.73. The Bertz CT molecular complexity index is 419. The maximum Gasteiger partial charge on any atom is 0.0380 e. The lowest BCUT2D eigenvalue weighted by molar-refractivity contribution is 0.390. The van der Waals surface area contributed by atoms with Crippen molar-refractivity contribution in [1.29, 1.82) is 0 Å². The number of halogens is 1. The fourth-order valence-electron chi connectivity index (χ4n) is 2.77. The van der Waals surface area contributed by atoms with Gasteiger partial charge in [-0.05, 0) is 49.9 Å². The van der Waals surface area contributed by atoms with Gasteiger partial charge in [0, 0.05) is 29.3 Å². The second-order valence-corrected chi connectivity index (χ2v) is 6.59. The van der Waals surface area contributed by atoms with Gasteiger partial charge in [0.25, 0.3) is 0 Å². The molecular formula is C16H25BrN2. The molecule has 1 aliphatic heterocycles. The zero-order chi connectivity index (χ0) is 13.8. The van der Waals surface area contributed by atoms with Crippen molar-refractivity contribution in [2.45, 2.75) is 46.2 Å². The Labute approximate surface area is 125 Å². The number of nitrogens with zero attached hydrogens (tertiary/aromatic N) is 1. The number of piperidine rings is 1. The molecule has 0 aliphatic carbocycles. The Balaban J connectivity index is 2.14. The zero-order valence-corrected chi connectivity index (χ0v) is 13.8. The van der Waals surface area contributed by atoms with Gasteiger partial charge >= 0.3 is 0 Å². The monoisotopic (exact) mass is 324 g/mol. The van der Waals surface area contributed by atoms with Crippen molar-refractivity contribution >= 4 is 21.6 Å². The van der Waals surface area contributed by atoms with Crippen molar-refractivity contribution in [3.8, 4) is 0 Å². The van der Waals surface area contributed by atoms with Gasteiger partial charge in [0.05, 0.1) is 0 Å². The fourth-order valence-corrected chi connectivity index (χ4v) is 3.27. The number of hydrogen-bond donors (Lipinski definition) is 1. The third-order valence-electron chi connectivity index (χ3n) is 4.05. The molecule has 1 heterocycles. The number of benzene rings is 1. The van der Waals surface area contributed by atoms with E-state index in [1.165, 1.54) is 35.1 Å². The molecule has 2 nitrogen and oxygen atoms in total. The van der Waals surface area contributed by atoms with E-state index in [0.717, 1.165) is 19.0 Å². The van der Waals surface area contributed by atoms with Crippen LogP contribution in [-0.2, 0) is 6.54 Å². The van der Waals surface area contributed by atoms with E-state index in [1.54, 1.807) is 0 Å². The van der Waals surface area contributed by atoms with Crippen LogP contribution in [-0.4, -0.2) is 19.1 Å². The average molecular weight is 325 g/mol. The minimum absolute atomic E-state index is 0.655. The summed E-state index contributed by atoms with van der Waals surface area (Å²) in [5, 5.41) is 3.38. The Morgan fingerprint density at radius 2 is 2.11 bits per heavy atom. The van der Waals surface area contributed by atoms with Gasteiger partial charge in [-0.2, -0.15) is 0 Å². The van der Waals surface area contributed by atoms with E-state index in [1.807, 2.05) is 0 Å². The first-order valence-electron chi connectivity index (χ1n) is 7.37. The Morgan fingerprint density at radius 1 is 1.32 bits per heavy atom. The van der Waals surface area contributed by atoms with E-state index in [9.17, 15) is 0 Å². The van der Waals surface area contributed by atoms with Gasteiger partial charge in [0.1, 0.15) is 0 Å². The lowest BCUT2D eigenvalue weighted by atomic mass is 9.94. The predicted molar refractivity (Wildman–Crippen MR) is 86.7 cm³/mol. The SMILES string of the molecule is CCNCc1ccc(N2CC(C)CCC2C)cc1Br. The van der Waals surface area contributed by atoms with Gasteiger partial charge in [-0.25, -0.2) is 0 Å². The van der Waals surface area contributed by atoms with Gasteiger partial charge < -0.3 is 10.2 Å². The number of anilines is 1. The van der Waals surface area contributed by atoms with Crippen molar-refractivity contribution in [2.24, 2.45) is 5.92 Å². The molecule has 1 fully saturated rings. The normalized spacial score (nSPS) is 23.7. The molecule has 0 radical (unpaired) electrons. The summed E-state index contributed by atoms with van der Waals surface area (Å²) in [6.45, 7) is 9.96. The molecule has 1 aromatic rings. The van der Waals surface area contributed by atoms with Crippen molar-refractivity contribution in [2.75, 3.05) is 18.0 Å². The highest BCUT2D eigenvalue weighted by molar-refractivity contribution is 9.10. The van der Waals surface area contributed by atoms with Crippen LogP contribution < -0.4 is 10.2 Å². The number of hydrogen-bond acceptors (Lipinski definition) is 2. The van der Waals surface area contributed by atoms with Crippen molar-refractivity contribution < 1.29 is 0 Å². The molecule has 1 aliphatic rings. The maximum atomic E-state index is 3.71. The molecule has 0 saturated carbocycles. The second kappa shape index (κ2) is 6.76. The molecule has 1 saturated heterocycles. The average Bonchev–Trinajstić information content (AvgIpc) is 2.40. The maximum absolute atomic E-state index is 3.71. The smallest absolute Gasteiger partial charge is 0.0380 e. The van der Waals surface area contributed by atoms with E-state index >= 15 is 0 Å². The summed E-state index contributed by atoms with van der Waals surface area (Å²) in [6, 6.07) is 7.45. The van der Waals surface area contributed by atoms with Crippen molar-refractivity contribution in [3.05, 3.63) is 28.2 Å². The molecule has 3 heteroatoms. The van der Waals surface area contributed by atoms with Crippen molar-refractivity contribution in [1.82, 2.24) is 5.32 Å². The van der Waals surface area contributed by atoms with Crippen LogP contribution in [0.4, 0.5) is 5.69 Å². The molecule has 2 unspecified atom stereocenters. The Kier molecular flexibility index (Phi) is 5.28. The highest BCUT2D eigenvalue weighted by atomic mass is 79.9. The summed E-state index contributed by atoms with van der Waals surface area (Å²) in [5.41, 5.74) is 2.69. The lowest BCUT2D eigenvalue weighted by Crippen LogP contribution is -2.41. The van der Waals surface area contributed by atoms with Crippen LogP contribution in [0, 0.1) is 5.92 Å². The van der Waals surface area contributed by atoms with Gasteiger partial charge in [0.15, 0.2) is 0 Å². The molecule has 2 atom stereocenters. The van der Waals surface area contributed by atoms with Crippen LogP contribution in [0.3, 0.4) is 0 Å². The van der Waals surface area contributed by atoms with E-state index < -0.39 is 0 Å². The summed E-state index contributed by atoms with van der Waals surface area (Å²) in [7, 11) is 0. The van der Waals surface area contributed by atoms with E-state index in [4.69, 9.17) is 0 Å². The molecule has 1 aromatic carbocycles. The number of nitrogens with one attached hydrogen (secondary N) is 1. The summed E-state index contributed by atoms with van der Waals surface area (Å²) < 4.78 is 1.22. The summed E-state index contributed by atoms with van der Waals surface area (Å²) in [5.74, 6) is 0.802. The van der Waals surface area contributed by atoms with E-state index in [-0.39, 0.29) is 0 Å². The molecular weight excluding hydrogens is 300 g/mol. The zero-order valence-electron chi connectivity index (χ0n) is 12.2. The fraction of sp³-hybridized carbons (Fsp3) is 0.625. The summed E-state index contributed by atoms with van der Waals surface area (Å²) >= 11 is 3.71. The molecule has 0 spiro atoms. The molecule has 0 aromatic heterocycles. The van der Waals surface area contributed by atoms with Crippen LogP contribution in [0.1, 0.15) is 39.2 Å². The predicted octanol–water partition coefficient (Wildman–Crippen LogP) is 4.18. The third-order valence-corrected chi connectivity index (χ3v) is 4.79. The molecule has 1 N–H and O–H groups in total. The first kappa shape index (κ1) is 14.9. The first-order chi connectivity index (χ1) is 9.11. The molecule has 2 rings (SSSR count). The topological polar surface area (TPSA) is 15.3 Å². The standard InChI is InChI=1S/C16H25BrN2/c1-4-18-10-14-7-8-15(9-16(14)17)19-11-12(2)5-6-13(19)3/h7-9,12-13,18H,4-6,10-11H2,1-3H3. The highest BCUT2D eigenvalue weighted by Crippen LogP contribution is 2.30. The minimum atomic E-state index is 0.655. The van der Waals surface area contributed by atoms with E-state index in [2.05, 4.69) is 65.1 Å². The quantitative estimate of drug-likeness (QED) is 0.893. The molecule has 106 valence electrons. The summed E-state index contributed by atoms with van der Waals surface area (Å²) in [4.78, 5) is 2.55. The van der Waals surface area contributed by atoms with Crippen LogP contribution in [0.2, 0.25) is 0 Å². The first-order valence-corrected chi connectivity index (χ1v) is 8.17. The minimum Gasteiger partial charge on any atom is -0.369 e. The second-order valence-electron chi connectivity index (χ2n) is 5.74. The summed E-state index contributed by atoms with van der Waals surface area (Å²) in [6.07, 6.45) is 2.66. The van der Waals surface area contributed by atoms with Gasteiger partial charge in [-0.15, -0.1) is 0 Å². The van der Waals surface area contributed by atoms with Gasteiger partial charge in [-0.3, -0.25) is 0 Å².